The minimum atomic E-state index is -0.0412. The van der Waals surface area contributed by atoms with Gasteiger partial charge in [-0.05, 0) is 17.9 Å². The highest BCUT2D eigenvalue weighted by Gasteiger charge is 2.13. The van der Waals surface area contributed by atoms with Crippen LogP contribution in [0.4, 0.5) is 0 Å². The van der Waals surface area contributed by atoms with Crippen LogP contribution >= 0.6 is 0 Å². The maximum absolute atomic E-state index is 11.7. The SMILES string of the molecule is CC(N)=CC(=O)c1ccc(C(C)(C)C)cc1. The maximum Gasteiger partial charge on any atom is 0.187 e. The number of rotatable bonds is 2. The molecular weight excluding hydrogens is 198 g/mol. The molecule has 0 aliphatic carbocycles. The minimum absolute atomic E-state index is 0.0412. The minimum Gasteiger partial charge on any atom is -0.402 e. The molecule has 0 aromatic heterocycles. The van der Waals surface area contributed by atoms with E-state index in [1.54, 1.807) is 6.92 Å². The summed E-state index contributed by atoms with van der Waals surface area (Å²) in [7, 11) is 0. The van der Waals surface area contributed by atoms with Crippen molar-refractivity contribution >= 4 is 5.78 Å². The predicted molar refractivity (Wildman–Crippen MR) is 67.4 cm³/mol. The van der Waals surface area contributed by atoms with E-state index in [1.165, 1.54) is 11.6 Å². The zero-order chi connectivity index (χ0) is 12.3. The van der Waals surface area contributed by atoms with Gasteiger partial charge in [-0.2, -0.15) is 0 Å². The lowest BCUT2D eigenvalue weighted by Gasteiger charge is -2.18. The number of carbonyl (C=O) groups excluding carboxylic acids is 1. The Morgan fingerprint density at radius 2 is 1.69 bits per heavy atom. The van der Waals surface area contributed by atoms with Crippen LogP contribution in [0.2, 0.25) is 0 Å². The molecule has 0 aliphatic heterocycles. The summed E-state index contributed by atoms with van der Waals surface area (Å²) >= 11 is 0. The number of hydrogen-bond acceptors (Lipinski definition) is 2. The number of nitrogens with two attached hydrogens (primary N) is 1. The number of carbonyl (C=O) groups is 1. The first-order valence-corrected chi connectivity index (χ1v) is 5.39. The van der Waals surface area contributed by atoms with E-state index in [-0.39, 0.29) is 11.2 Å². The summed E-state index contributed by atoms with van der Waals surface area (Å²) in [6.45, 7) is 8.15. The molecule has 2 nitrogen and oxygen atoms in total. The summed E-state index contributed by atoms with van der Waals surface area (Å²) in [4.78, 5) is 11.7. The van der Waals surface area contributed by atoms with Gasteiger partial charge in [0.1, 0.15) is 0 Å². The van der Waals surface area contributed by atoms with Crippen LogP contribution in [0.25, 0.3) is 0 Å². The number of benzene rings is 1. The average Bonchev–Trinajstić information content (AvgIpc) is 2.15. The van der Waals surface area contributed by atoms with Crippen LogP contribution in [0.3, 0.4) is 0 Å². The maximum atomic E-state index is 11.7. The van der Waals surface area contributed by atoms with Gasteiger partial charge in [-0.15, -0.1) is 0 Å². The van der Waals surface area contributed by atoms with Crippen LogP contribution in [-0.2, 0) is 5.41 Å². The van der Waals surface area contributed by atoms with Gasteiger partial charge < -0.3 is 5.73 Å². The molecule has 86 valence electrons. The third kappa shape index (κ3) is 3.23. The topological polar surface area (TPSA) is 43.1 Å². The molecule has 0 spiro atoms. The summed E-state index contributed by atoms with van der Waals surface area (Å²) in [5.74, 6) is -0.0412. The molecule has 0 bridgehead atoms. The normalized spacial score (nSPS) is 12.6. The monoisotopic (exact) mass is 217 g/mol. The fourth-order valence-corrected chi connectivity index (χ4v) is 1.42. The van der Waals surface area contributed by atoms with Crippen LogP contribution in [0.5, 0.6) is 0 Å². The van der Waals surface area contributed by atoms with Crippen molar-refractivity contribution in [1.29, 1.82) is 0 Å². The van der Waals surface area contributed by atoms with Crippen molar-refractivity contribution in [3.05, 3.63) is 47.2 Å². The van der Waals surface area contributed by atoms with Gasteiger partial charge >= 0.3 is 0 Å². The zero-order valence-electron chi connectivity index (χ0n) is 10.4. The van der Waals surface area contributed by atoms with E-state index >= 15 is 0 Å². The second-order valence-corrected chi connectivity index (χ2v) is 5.08. The van der Waals surface area contributed by atoms with Gasteiger partial charge in [0.25, 0.3) is 0 Å². The molecule has 0 heterocycles. The highest BCUT2D eigenvalue weighted by molar-refractivity contribution is 6.04. The molecule has 1 rings (SSSR count). The number of ketones is 1. The highest BCUT2D eigenvalue weighted by Crippen LogP contribution is 2.22. The van der Waals surface area contributed by atoms with Crippen molar-refractivity contribution in [2.45, 2.75) is 33.1 Å². The fraction of sp³-hybridized carbons (Fsp3) is 0.357. The third-order valence-corrected chi connectivity index (χ3v) is 2.39. The largest absolute Gasteiger partial charge is 0.402 e. The molecule has 1 aromatic rings. The van der Waals surface area contributed by atoms with Gasteiger partial charge in [0.05, 0.1) is 0 Å². The van der Waals surface area contributed by atoms with Crippen molar-refractivity contribution in [3.8, 4) is 0 Å². The first-order chi connectivity index (χ1) is 7.30. The molecule has 0 saturated heterocycles. The van der Waals surface area contributed by atoms with E-state index in [4.69, 9.17) is 5.73 Å². The van der Waals surface area contributed by atoms with Crippen LogP contribution in [0, 0.1) is 0 Å². The summed E-state index contributed by atoms with van der Waals surface area (Å²) in [5, 5.41) is 0. The molecule has 2 N–H and O–H groups in total. The molecular formula is C14H19NO. The predicted octanol–water partition coefficient (Wildman–Crippen LogP) is 3.03. The Morgan fingerprint density at radius 1 is 1.19 bits per heavy atom. The number of allylic oxidation sites excluding steroid dienone is 2. The Labute approximate surface area is 97.2 Å². The van der Waals surface area contributed by atoms with Gasteiger partial charge in [-0.3, -0.25) is 4.79 Å². The van der Waals surface area contributed by atoms with Crippen molar-refractivity contribution in [2.75, 3.05) is 0 Å². The van der Waals surface area contributed by atoms with Gasteiger partial charge in [0.2, 0.25) is 0 Å². The van der Waals surface area contributed by atoms with Crippen molar-refractivity contribution in [1.82, 2.24) is 0 Å². The van der Waals surface area contributed by atoms with Crippen molar-refractivity contribution < 1.29 is 4.79 Å². The summed E-state index contributed by atoms with van der Waals surface area (Å²) in [6, 6.07) is 7.69. The summed E-state index contributed by atoms with van der Waals surface area (Å²) in [5.41, 5.74) is 8.01. The third-order valence-electron chi connectivity index (χ3n) is 2.39. The van der Waals surface area contributed by atoms with E-state index in [1.807, 2.05) is 24.3 Å². The Morgan fingerprint density at radius 3 is 2.06 bits per heavy atom. The van der Waals surface area contributed by atoms with Crippen molar-refractivity contribution in [3.63, 3.8) is 0 Å². The molecule has 1 aromatic carbocycles. The van der Waals surface area contributed by atoms with Crippen LogP contribution in [-0.4, -0.2) is 5.78 Å². The Bertz CT molecular complexity index is 403. The standard InChI is InChI=1S/C14H19NO/c1-10(15)9-13(16)11-5-7-12(8-6-11)14(2,3)4/h5-9H,15H2,1-4H3. The van der Waals surface area contributed by atoms with Crippen LogP contribution < -0.4 is 5.73 Å². The van der Waals surface area contributed by atoms with E-state index in [0.717, 1.165) is 0 Å². The van der Waals surface area contributed by atoms with Crippen molar-refractivity contribution in [2.24, 2.45) is 5.73 Å². The molecule has 0 saturated carbocycles. The van der Waals surface area contributed by atoms with E-state index in [0.29, 0.717) is 11.3 Å². The first-order valence-electron chi connectivity index (χ1n) is 5.39. The second kappa shape index (κ2) is 4.52. The Kier molecular flexibility index (Phi) is 3.53. The van der Waals surface area contributed by atoms with E-state index in [2.05, 4.69) is 20.8 Å². The quantitative estimate of drug-likeness (QED) is 0.611. The van der Waals surface area contributed by atoms with E-state index < -0.39 is 0 Å². The first kappa shape index (κ1) is 12.5. The lowest BCUT2D eigenvalue weighted by atomic mass is 9.86. The summed E-state index contributed by atoms with van der Waals surface area (Å²) < 4.78 is 0. The lowest BCUT2D eigenvalue weighted by Crippen LogP contribution is -2.11. The lowest BCUT2D eigenvalue weighted by molar-refractivity contribution is 0.104. The Hall–Kier alpha value is -1.57. The Balaban J connectivity index is 2.96. The summed E-state index contributed by atoms with van der Waals surface area (Å²) in [6.07, 6.45) is 1.45. The van der Waals surface area contributed by atoms with Gasteiger partial charge in [0, 0.05) is 17.3 Å². The van der Waals surface area contributed by atoms with E-state index in [9.17, 15) is 4.79 Å². The molecule has 0 radical (unpaired) electrons. The van der Waals surface area contributed by atoms with Crippen LogP contribution in [0.1, 0.15) is 43.6 Å². The second-order valence-electron chi connectivity index (χ2n) is 5.08. The van der Waals surface area contributed by atoms with Gasteiger partial charge in [0.15, 0.2) is 5.78 Å². The molecule has 2 heteroatoms. The average molecular weight is 217 g/mol. The number of hydrogen-bond donors (Lipinski definition) is 1. The van der Waals surface area contributed by atoms with Gasteiger partial charge in [-0.25, -0.2) is 0 Å². The molecule has 0 aliphatic rings. The molecule has 0 amide bonds. The molecule has 0 fully saturated rings. The van der Waals surface area contributed by atoms with Crippen LogP contribution in [0.15, 0.2) is 36.0 Å². The zero-order valence-corrected chi connectivity index (χ0v) is 10.4. The fourth-order valence-electron chi connectivity index (χ4n) is 1.42. The highest BCUT2D eigenvalue weighted by atomic mass is 16.1. The van der Waals surface area contributed by atoms with Gasteiger partial charge in [-0.1, -0.05) is 45.0 Å². The molecule has 16 heavy (non-hydrogen) atoms. The molecule has 0 unspecified atom stereocenters. The molecule has 0 atom stereocenters. The smallest absolute Gasteiger partial charge is 0.187 e.